The topological polar surface area (TPSA) is 32.3 Å². The Hall–Kier alpha value is -12.2. The molecule has 0 bridgehead atoms. The lowest BCUT2D eigenvalue weighted by Gasteiger charge is -2.47. The van der Waals surface area contributed by atoms with E-state index in [1.807, 2.05) is 12.2 Å². The molecular formula is C88H61BN4. The second-order valence-electron chi connectivity index (χ2n) is 23.6. The maximum atomic E-state index is 5.83. The zero-order valence-corrected chi connectivity index (χ0v) is 51.2. The smallest absolute Gasteiger partial charge is 0.252 e. The fraction of sp³-hybridized carbons (Fsp3) is 0. The quantitative estimate of drug-likeness (QED) is 0.0802. The normalized spacial score (nSPS) is 12.2. The fourth-order valence-electron chi connectivity index (χ4n) is 14.1. The summed E-state index contributed by atoms with van der Waals surface area (Å²) in [4.78, 5) is 16.9. The minimum Gasteiger partial charge on any atom is -0.310 e. The largest absolute Gasteiger partial charge is 0.310 e. The number of para-hydroxylation sites is 2. The molecule has 436 valence electrons. The van der Waals surface area contributed by atoms with Gasteiger partial charge in [0.25, 0.3) is 6.71 Å². The standard InChI is InChI=1S/C88H61BN4/c1-3-30-60(4-2)70-45-26-46-71(63-35-16-7-17-36-63)85(70)92-82-55-53-68(61-31-12-5-13-32-61)57-76(82)89-77-58-69(62-33-14-6-15-34-62)54-56-83(77)93(86-72(64-37-18-8-19-38-64)47-27-48-73(86)65-39-20-9-21-40-65)88-75(81-52-29-50-79(91-81)67-43-24-11-25-44-67)59-74(87(92)84(88)89)80-51-28-49-78(90-80)66-41-22-10-23-42-66/h3-59H,1-2H2/b60-30+. The Morgan fingerprint density at radius 3 is 1.05 bits per heavy atom. The lowest BCUT2D eigenvalue weighted by Crippen LogP contribution is -2.62. The van der Waals surface area contributed by atoms with Crippen LogP contribution in [0.2, 0.25) is 0 Å². The molecule has 2 aliphatic rings. The van der Waals surface area contributed by atoms with Crippen LogP contribution in [0.5, 0.6) is 0 Å². The van der Waals surface area contributed by atoms with Crippen LogP contribution < -0.4 is 26.2 Å². The summed E-state index contributed by atoms with van der Waals surface area (Å²) in [5.41, 5.74) is 29.8. The molecular weight excluding hydrogens is 1120 g/mol. The Kier molecular flexibility index (Phi) is 14.7. The van der Waals surface area contributed by atoms with E-state index in [-0.39, 0.29) is 6.71 Å². The predicted molar refractivity (Wildman–Crippen MR) is 393 cm³/mol. The van der Waals surface area contributed by atoms with Gasteiger partial charge in [0, 0.05) is 55.9 Å². The highest BCUT2D eigenvalue weighted by Crippen LogP contribution is 2.57. The summed E-state index contributed by atoms with van der Waals surface area (Å²) < 4.78 is 0. The van der Waals surface area contributed by atoms with E-state index in [9.17, 15) is 0 Å². The second-order valence-corrected chi connectivity index (χ2v) is 23.6. The predicted octanol–water partition coefficient (Wildman–Crippen LogP) is 21.3. The molecule has 0 radical (unpaired) electrons. The van der Waals surface area contributed by atoms with Gasteiger partial charge in [-0.05, 0) is 103 Å². The van der Waals surface area contributed by atoms with E-state index in [2.05, 4.69) is 357 Å². The van der Waals surface area contributed by atoms with Gasteiger partial charge >= 0.3 is 0 Å². The molecule has 14 aromatic rings. The van der Waals surface area contributed by atoms with E-state index in [1.54, 1.807) is 0 Å². The average molecular weight is 1190 g/mol. The fourth-order valence-corrected chi connectivity index (χ4v) is 14.1. The zero-order valence-electron chi connectivity index (χ0n) is 51.2. The molecule has 12 aromatic carbocycles. The summed E-state index contributed by atoms with van der Waals surface area (Å²) in [7, 11) is 0. The molecule has 0 saturated heterocycles. The first-order valence-electron chi connectivity index (χ1n) is 31.7. The summed E-state index contributed by atoms with van der Waals surface area (Å²) in [6, 6.07) is 119. The number of benzene rings is 12. The molecule has 0 amide bonds. The van der Waals surface area contributed by atoms with Gasteiger partial charge in [0.05, 0.1) is 45.5 Å². The van der Waals surface area contributed by atoms with Crippen molar-refractivity contribution in [3.63, 3.8) is 0 Å². The second kappa shape index (κ2) is 24.3. The summed E-state index contributed by atoms with van der Waals surface area (Å²) in [6.45, 7) is 8.42. The van der Waals surface area contributed by atoms with Crippen LogP contribution in [0, 0.1) is 0 Å². The van der Waals surface area contributed by atoms with Gasteiger partial charge in [-0.15, -0.1) is 0 Å². The van der Waals surface area contributed by atoms with Gasteiger partial charge in [-0.3, -0.25) is 0 Å². The third-order valence-electron chi connectivity index (χ3n) is 18.2. The molecule has 2 aromatic heterocycles. The molecule has 0 aliphatic carbocycles. The molecule has 0 atom stereocenters. The Morgan fingerprint density at radius 2 is 0.645 bits per heavy atom. The van der Waals surface area contributed by atoms with E-state index in [0.29, 0.717) is 0 Å². The Balaban J connectivity index is 1.16. The first kappa shape index (κ1) is 56.1. The van der Waals surface area contributed by atoms with Crippen molar-refractivity contribution < 1.29 is 0 Å². The van der Waals surface area contributed by atoms with Crippen LogP contribution in [-0.4, -0.2) is 16.7 Å². The molecule has 4 heterocycles. The van der Waals surface area contributed by atoms with Crippen LogP contribution in [0.4, 0.5) is 34.1 Å². The number of hydrogen-bond acceptors (Lipinski definition) is 4. The molecule has 0 fully saturated rings. The van der Waals surface area contributed by atoms with Gasteiger partial charge in [0.15, 0.2) is 0 Å². The monoisotopic (exact) mass is 1180 g/mol. The highest BCUT2D eigenvalue weighted by Gasteiger charge is 2.48. The van der Waals surface area contributed by atoms with Gasteiger partial charge in [0.1, 0.15) is 0 Å². The number of aromatic nitrogens is 2. The van der Waals surface area contributed by atoms with Crippen LogP contribution in [0.25, 0.3) is 106 Å². The first-order chi connectivity index (χ1) is 46.1. The number of anilines is 6. The molecule has 4 nitrogen and oxygen atoms in total. The summed E-state index contributed by atoms with van der Waals surface area (Å²) in [6.07, 6.45) is 5.91. The highest BCUT2D eigenvalue weighted by molar-refractivity contribution is 7.00. The summed E-state index contributed by atoms with van der Waals surface area (Å²) >= 11 is 0. The van der Waals surface area contributed by atoms with E-state index < -0.39 is 0 Å². The molecule has 5 heteroatoms. The maximum Gasteiger partial charge on any atom is 0.252 e. The number of allylic oxidation sites excluding steroid dienone is 4. The lowest BCUT2D eigenvalue weighted by atomic mass is 9.33. The molecule has 93 heavy (non-hydrogen) atoms. The molecule has 16 rings (SSSR count). The van der Waals surface area contributed by atoms with Crippen LogP contribution >= 0.6 is 0 Å². The minimum atomic E-state index is -0.382. The first-order valence-corrected chi connectivity index (χ1v) is 31.7. The minimum absolute atomic E-state index is 0.382. The Bertz CT molecular complexity index is 5110. The van der Waals surface area contributed by atoms with E-state index in [0.717, 1.165) is 162 Å². The third kappa shape index (κ3) is 10.1. The van der Waals surface area contributed by atoms with E-state index in [1.165, 1.54) is 0 Å². The molecule has 0 saturated carbocycles. The molecule has 0 spiro atoms. The number of nitrogens with zero attached hydrogens (tertiary/aromatic N) is 4. The van der Waals surface area contributed by atoms with Gasteiger partial charge in [-0.1, -0.05) is 317 Å². The number of rotatable bonds is 14. The van der Waals surface area contributed by atoms with Crippen molar-refractivity contribution in [1.82, 2.24) is 9.97 Å². The van der Waals surface area contributed by atoms with Gasteiger partial charge in [-0.2, -0.15) is 0 Å². The van der Waals surface area contributed by atoms with E-state index >= 15 is 0 Å². The number of hydrogen-bond donors (Lipinski definition) is 0. The van der Waals surface area contributed by atoms with Gasteiger partial charge < -0.3 is 9.80 Å². The highest BCUT2D eigenvalue weighted by atomic mass is 15.2. The lowest BCUT2D eigenvalue weighted by molar-refractivity contribution is 1.23. The van der Waals surface area contributed by atoms with Crippen LogP contribution in [-0.2, 0) is 0 Å². The SMILES string of the molecule is C=C/C=C(\C=C)c1cccc(-c2ccccc2)c1N1c2ccc(-c3ccccc3)cc2B2c3cc(-c4ccccc4)ccc3N(c3c(-c4ccccc4)cccc3-c3ccccc3)c3c(-c4cccc(-c5ccccc5)n4)cc(-c4cccc(-c5ccccc5)n4)c1c32. The van der Waals surface area contributed by atoms with Crippen molar-refractivity contribution in [2.24, 2.45) is 0 Å². The summed E-state index contributed by atoms with van der Waals surface area (Å²) in [5.74, 6) is 0. The van der Waals surface area contributed by atoms with Crippen LogP contribution in [0.1, 0.15) is 5.56 Å². The third-order valence-corrected chi connectivity index (χ3v) is 18.2. The average Bonchev–Trinajstić information content (AvgIpc) is 0.681. The van der Waals surface area contributed by atoms with E-state index in [4.69, 9.17) is 9.97 Å². The van der Waals surface area contributed by atoms with Crippen molar-refractivity contribution in [1.29, 1.82) is 0 Å². The Morgan fingerprint density at radius 1 is 0.290 bits per heavy atom. The van der Waals surface area contributed by atoms with Crippen molar-refractivity contribution >= 4 is 62.8 Å². The van der Waals surface area contributed by atoms with Crippen molar-refractivity contribution in [3.8, 4) is 101 Å². The maximum absolute atomic E-state index is 5.83. The molecule has 0 N–H and O–H groups in total. The summed E-state index contributed by atoms with van der Waals surface area (Å²) in [5, 5.41) is 0. The van der Waals surface area contributed by atoms with Gasteiger partial charge in [-0.25, -0.2) is 9.97 Å². The number of fused-ring (bicyclic) bond motifs is 4. The number of pyridine rings is 2. The van der Waals surface area contributed by atoms with Crippen molar-refractivity contribution in [2.45, 2.75) is 0 Å². The molecule has 2 aliphatic heterocycles. The molecule has 0 unspecified atom stereocenters. The Labute approximate surface area is 544 Å². The van der Waals surface area contributed by atoms with Crippen molar-refractivity contribution in [2.75, 3.05) is 9.80 Å². The van der Waals surface area contributed by atoms with Crippen molar-refractivity contribution in [3.05, 3.63) is 365 Å². The zero-order chi connectivity index (χ0) is 62.2. The van der Waals surface area contributed by atoms with Gasteiger partial charge in [0.2, 0.25) is 0 Å². The van der Waals surface area contributed by atoms with Crippen LogP contribution in [0.3, 0.4) is 0 Å². The van der Waals surface area contributed by atoms with Crippen LogP contribution in [0.15, 0.2) is 359 Å².